The number of aryl methyl sites for hydroxylation is 2. The largest absolute Gasteiger partial charge is 0.433 e. The number of H-pyrrole nitrogens is 1. The van der Waals surface area contributed by atoms with Crippen LogP contribution in [0.3, 0.4) is 0 Å². The summed E-state index contributed by atoms with van der Waals surface area (Å²) in [5, 5.41) is 11.0. The normalized spacial score (nSPS) is 17.4. The molecule has 1 atom stereocenters. The fourth-order valence-electron chi connectivity index (χ4n) is 4.00. The Morgan fingerprint density at radius 1 is 1.23 bits per heavy atom. The first-order chi connectivity index (χ1) is 14.3. The molecule has 7 nitrogen and oxygen atoms in total. The maximum absolute atomic E-state index is 13.2. The monoisotopic (exact) mass is 418 g/mol. The predicted molar refractivity (Wildman–Crippen MR) is 102 cm³/mol. The number of carbonyl (C=O) groups excluding carboxylic acids is 1. The van der Waals surface area contributed by atoms with Crippen molar-refractivity contribution in [3.8, 4) is 11.1 Å². The molecular formula is C20H21F3N6O. The van der Waals surface area contributed by atoms with Crippen molar-refractivity contribution in [2.45, 2.75) is 38.4 Å². The third kappa shape index (κ3) is 3.57. The first-order valence-electron chi connectivity index (χ1n) is 9.64. The van der Waals surface area contributed by atoms with Gasteiger partial charge in [0, 0.05) is 37.6 Å². The Balaban J connectivity index is 1.70. The van der Waals surface area contributed by atoms with Gasteiger partial charge in [0.25, 0.3) is 5.91 Å². The minimum Gasteiger partial charge on any atom is -0.329 e. The number of nitrogens with zero attached hydrogens (tertiary/aromatic N) is 5. The van der Waals surface area contributed by atoms with E-state index in [4.69, 9.17) is 0 Å². The van der Waals surface area contributed by atoms with Crippen LogP contribution in [0.25, 0.3) is 11.1 Å². The molecule has 1 N–H and O–H groups in total. The van der Waals surface area contributed by atoms with Gasteiger partial charge in [0.1, 0.15) is 5.69 Å². The molecule has 3 aromatic heterocycles. The van der Waals surface area contributed by atoms with Gasteiger partial charge in [-0.15, -0.1) is 0 Å². The van der Waals surface area contributed by atoms with Crippen LogP contribution in [0.2, 0.25) is 0 Å². The molecule has 1 aliphatic rings. The zero-order valence-corrected chi connectivity index (χ0v) is 16.6. The van der Waals surface area contributed by atoms with E-state index < -0.39 is 17.8 Å². The van der Waals surface area contributed by atoms with Crippen molar-refractivity contribution in [3.63, 3.8) is 0 Å². The Hall–Kier alpha value is -3.17. The number of alkyl halides is 3. The van der Waals surface area contributed by atoms with Gasteiger partial charge in [0.2, 0.25) is 0 Å². The van der Waals surface area contributed by atoms with Crippen LogP contribution in [-0.2, 0) is 13.2 Å². The molecule has 1 fully saturated rings. The summed E-state index contributed by atoms with van der Waals surface area (Å²) in [4.78, 5) is 18.9. The summed E-state index contributed by atoms with van der Waals surface area (Å²) in [6.07, 6.45) is 2.94. The van der Waals surface area contributed by atoms with E-state index in [0.29, 0.717) is 17.6 Å². The third-order valence-electron chi connectivity index (χ3n) is 5.47. The summed E-state index contributed by atoms with van der Waals surface area (Å²) in [5.74, 6) is -0.516. The number of likely N-dealkylation sites (tertiary alicyclic amines) is 1. The third-order valence-corrected chi connectivity index (χ3v) is 5.47. The molecule has 158 valence electrons. The van der Waals surface area contributed by atoms with Crippen LogP contribution < -0.4 is 0 Å². The second-order valence-electron chi connectivity index (χ2n) is 7.43. The molecule has 4 rings (SSSR count). The van der Waals surface area contributed by atoms with Gasteiger partial charge in [0.15, 0.2) is 5.69 Å². The molecule has 3 aromatic rings. The Morgan fingerprint density at radius 2 is 2.03 bits per heavy atom. The van der Waals surface area contributed by atoms with Crippen molar-refractivity contribution < 1.29 is 18.0 Å². The fraction of sp³-hybridized carbons (Fsp3) is 0.400. The Kier molecular flexibility index (Phi) is 5.08. The van der Waals surface area contributed by atoms with Crippen LogP contribution in [-0.4, -0.2) is 42.3 Å². The van der Waals surface area contributed by atoms with Crippen LogP contribution in [0.5, 0.6) is 0 Å². The topological polar surface area (TPSA) is 79.7 Å². The molecule has 0 aromatic carbocycles. The fourth-order valence-corrected chi connectivity index (χ4v) is 4.00. The minimum absolute atomic E-state index is 0.210. The zero-order chi connectivity index (χ0) is 21.5. The highest BCUT2D eigenvalue weighted by molar-refractivity contribution is 5.93. The quantitative estimate of drug-likeness (QED) is 0.700. The first-order valence-corrected chi connectivity index (χ1v) is 9.64. The Morgan fingerprint density at radius 3 is 2.73 bits per heavy atom. The van der Waals surface area contributed by atoms with Crippen molar-refractivity contribution in [2.75, 3.05) is 6.54 Å². The Bertz CT molecular complexity index is 1070. The summed E-state index contributed by atoms with van der Waals surface area (Å²) in [6.45, 7) is 2.38. The maximum Gasteiger partial charge on any atom is 0.433 e. The summed E-state index contributed by atoms with van der Waals surface area (Å²) < 4.78 is 40.1. The van der Waals surface area contributed by atoms with Crippen LogP contribution in [0, 0.1) is 6.92 Å². The van der Waals surface area contributed by atoms with E-state index in [1.54, 1.807) is 23.5 Å². The van der Waals surface area contributed by atoms with Gasteiger partial charge in [-0.3, -0.25) is 19.6 Å². The number of pyridine rings is 1. The van der Waals surface area contributed by atoms with E-state index in [2.05, 4.69) is 20.3 Å². The van der Waals surface area contributed by atoms with Crippen LogP contribution in [0.1, 0.15) is 52.7 Å². The zero-order valence-electron chi connectivity index (χ0n) is 16.6. The molecule has 0 radical (unpaired) electrons. The van der Waals surface area contributed by atoms with Gasteiger partial charge in [-0.25, -0.2) is 0 Å². The average Bonchev–Trinajstić information content (AvgIpc) is 3.34. The van der Waals surface area contributed by atoms with Gasteiger partial charge < -0.3 is 4.90 Å². The minimum atomic E-state index is -4.57. The molecule has 10 heteroatoms. The summed E-state index contributed by atoms with van der Waals surface area (Å²) in [7, 11) is 1.19. The molecule has 1 saturated heterocycles. The van der Waals surface area contributed by atoms with E-state index in [1.807, 2.05) is 13.0 Å². The Labute approximate surface area is 170 Å². The van der Waals surface area contributed by atoms with Gasteiger partial charge in [-0.05, 0) is 43.4 Å². The second kappa shape index (κ2) is 7.58. The number of carbonyl (C=O) groups is 1. The highest BCUT2D eigenvalue weighted by Gasteiger charge is 2.38. The smallest absolute Gasteiger partial charge is 0.329 e. The maximum atomic E-state index is 13.2. The highest BCUT2D eigenvalue weighted by Crippen LogP contribution is 2.37. The molecule has 0 saturated carbocycles. The van der Waals surface area contributed by atoms with Crippen molar-refractivity contribution in [1.29, 1.82) is 0 Å². The molecule has 1 amide bonds. The van der Waals surface area contributed by atoms with Crippen LogP contribution >= 0.6 is 0 Å². The molecule has 0 spiro atoms. The predicted octanol–water partition coefficient (Wildman–Crippen LogP) is 3.90. The number of aromatic nitrogens is 5. The van der Waals surface area contributed by atoms with E-state index in [-0.39, 0.29) is 11.7 Å². The van der Waals surface area contributed by atoms with E-state index in [9.17, 15) is 18.0 Å². The number of hydrogen-bond donors (Lipinski definition) is 1. The summed E-state index contributed by atoms with van der Waals surface area (Å²) in [6, 6.07) is 2.37. The molecule has 0 bridgehead atoms. The van der Waals surface area contributed by atoms with Gasteiger partial charge >= 0.3 is 6.18 Å². The highest BCUT2D eigenvalue weighted by atomic mass is 19.4. The van der Waals surface area contributed by atoms with Gasteiger partial charge in [-0.2, -0.15) is 23.4 Å². The lowest BCUT2D eigenvalue weighted by atomic mass is 9.93. The summed E-state index contributed by atoms with van der Waals surface area (Å²) >= 11 is 0. The molecule has 1 aliphatic heterocycles. The van der Waals surface area contributed by atoms with Gasteiger partial charge in [-0.1, -0.05) is 0 Å². The summed E-state index contributed by atoms with van der Waals surface area (Å²) in [5.41, 5.74) is 2.38. The number of piperidine rings is 1. The van der Waals surface area contributed by atoms with Crippen molar-refractivity contribution in [2.24, 2.45) is 7.05 Å². The van der Waals surface area contributed by atoms with E-state index in [0.717, 1.165) is 41.3 Å². The standard InChI is InChI=1S/C20H21F3N6O/c1-12-10-24-7-6-13(12)14-11-25-26-18(14)16-5-3-4-8-29(16)19(30)15-9-17(20(21,22)23)28(2)27-15/h6-7,9-11,16H,3-5,8H2,1-2H3,(H,25,26)/t16-/m1/s1. The van der Waals surface area contributed by atoms with Crippen molar-refractivity contribution >= 4 is 5.91 Å². The van der Waals surface area contributed by atoms with E-state index in [1.165, 1.54) is 7.05 Å². The molecule has 0 aliphatic carbocycles. The molecule has 4 heterocycles. The lowest BCUT2D eigenvalue weighted by Crippen LogP contribution is -2.39. The lowest BCUT2D eigenvalue weighted by Gasteiger charge is -2.35. The van der Waals surface area contributed by atoms with Crippen molar-refractivity contribution in [3.05, 3.63) is 53.4 Å². The molecule has 0 unspecified atom stereocenters. The average molecular weight is 418 g/mol. The van der Waals surface area contributed by atoms with E-state index >= 15 is 0 Å². The lowest BCUT2D eigenvalue weighted by molar-refractivity contribution is -0.143. The number of aromatic amines is 1. The number of halogens is 3. The number of amides is 1. The number of nitrogens with one attached hydrogen (secondary N) is 1. The number of rotatable bonds is 3. The van der Waals surface area contributed by atoms with Crippen molar-refractivity contribution in [1.82, 2.24) is 29.9 Å². The molecule has 30 heavy (non-hydrogen) atoms. The van der Waals surface area contributed by atoms with Crippen LogP contribution in [0.4, 0.5) is 13.2 Å². The van der Waals surface area contributed by atoms with Crippen LogP contribution in [0.15, 0.2) is 30.7 Å². The first kappa shape index (κ1) is 20.1. The molecular weight excluding hydrogens is 397 g/mol. The number of hydrogen-bond acceptors (Lipinski definition) is 4. The van der Waals surface area contributed by atoms with Gasteiger partial charge in [0.05, 0.1) is 17.9 Å². The second-order valence-corrected chi connectivity index (χ2v) is 7.43. The SMILES string of the molecule is Cc1cnccc1-c1cn[nH]c1[C@H]1CCCCN1C(=O)c1cc(C(F)(F)F)n(C)n1.